The van der Waals surface area contributed by atoms with Crippen LogP contribution in [-0.4, -0.2) is 13.1 Å². The number of anilines is 1. The van der Waals surface area contributed by atoms with Gasteiger partial charge in [0.1, 0.15) is 5.75 Å². The first-order valence-corrected chi connectivity index (χ1v) is 7.59. The fourth-order valence-electron chi connectivity index (χ4n) is 2.20. The molecule has 0 radical (unpaired) electrons. The quantitative estimate of drug-likeness (QED) is 0.887. The minimum absolute atomic E-state index is 0.0202. The number of methoxy groups -OCH3 is 1. The Bertz CT molecular complexity index is 620. The Kier molecular flexibility index (Phi) is 4.85. The van der Waals surface area contributed by atoms with Crippen LogP contribution in [0.4, 0.5) is 10.5 Å². The minimum atomic E-state index is -0.212. The maximum Gasteiger partial charge on any atom is 0.319 e. The number of hydrogen-bond donors (Lipinski definition) is 2. The number of hydrogen-bond acceptors (Lipinski definition) is 3. The van der Waals surface area contributed by atoms with Crippen molar-refractivity contribution in [3.8, 4) is 5.75 Å². The highest BCUT2D eigenvalue weighted by atomic mass is 32.1. The van der Waals surface area contributed by atoms with E-state index in [4.69, 9.17) is 4.74 Å². The number of amides is 2. The molecule has 0 saturated carbocycles. The van der Waals surface area contributed by atoms with Crippen LogP contribution < -0.4 is 15.4 Å². The molecule has 0 fully saturated rings. The normalized spacial score (nSPS) is 11.8. The molecule has 0 spiro atoms. The van der Waals surface area contributed by atoms with Crippen LogP contribution in [0.5, 0.6) is 5.75 Å². The average molecular weight is 304 g/mol. The Morgan fingerprint density at radius 2 is 1.90 bits per heavy atom. The van der Waals surface area contributed by atoms with E-state index in [1.54, 1.807) is 18.4 Å². The van der Waals surface area contributed by atoms with Gasteiger partial charge >= 0.3 is 6.03 Å². The first-order valence-electron chi connectivity index (χ1n) is 6.78. The number of carbonyl (C=O) groups is 1. The zero-order valence-corrected chi connectivity index (χ0v) is 13.5. The molecular formula is C16H20N2O2S. The van der Waals surface area contributed by atoms with Gasteiger partial charge in [0.2, 0.25) is 0 Å². The summed E-state index contributed by atoms with van der Waals surface area (Å²) >= 11 is 1.75. The van der Waals surface area contributed by atoms with Crippen LogP contribution in [0, 0.1) is 13.8 Å². The number of thiophene rings is 1. The number of urea groups is 1. The second kappa shape index (κ2) is 6.63. The van der Waals surface area contributed by atoms with Crippen molar-refractivity contribution < 1.29 is 9.53 Å². The van der Waals surface area contributed by atoms with Gasteiger partial charge in [0.05, 0.1) is 13.2 Å². The Morgan fingerprint density at radius 3 is 2.43 bits per heavy atom. The standard InChI is InChI=1S/C16H20N2O2S/c1-10-9-15(12(3)21-10)11(2)17-16(19)18-13-5-7-14(20-4)8-6-13/h5-9,11H,1-4H3,(H2,17,18,19)/t11-/m1/s1. The molecule has 0 aliphatic heterocycles. The van der Waals surface area contributed by atoms with E-state index in [9.17, 15) is 4.79 Å². The van der Waals surface area contributed by atoms with Gasteiger partial charge in [-0.25, -0.2) is 4.79 Å². The second-order valence-corrected chi connectivity index (χ2v) is 6.38. The summed E-state index contributed by atoms with van der Waals surface area (Å²) in [6.07, 6.45) is 0. The van der Waals surface area contributed by atoms with Crippen LogP contribution in [0.15, 0.2) is 30.3 Å². The van der Waals surface area contributed by atoms with Gasteiger partial charge < -0.3 is 15.4 Å². The lowest BCUT2D eigenvalue weighted by Crippen LogP contribution is -2.31. The largest absolute Gasteiger partial charge is 0.497 e. The summed E-state index contributed by atoms with van der Waals surface area (Å²) in [5.41, 5.74) is 1.90. The minimum Gasteiger partial charge on any atom is -0.497 e. The number of nitrogens with one attached hydrogen (secondary N) is 2. The Balaban J connectivity index is 1.96. The molecule has 0 aliphatic carbocycles. The highest BCUT2D eigenvalue weighted by molar-refractivity contribution is 7.12. The van der Waals surface area contributed by atoms with Gasteiger partial charge in [-0.3, -0.25) is 0 Å². The molecule has 112 valence electrons. The molecule has 1 aromatic carbocycles. The number of aryl methyl sites for hydroxylation is 2. The first kappa shape index (κ1) is 15.4. The Labute approximate surface area is 129 Å². The maximum absolute atomic E-state index is 12.0. The molecule has 2 N–H and O–H groups in total. The molecule has 5 heteroatoms. The average Bonchev–Trinajstić information content (AvgIpc) is 2.78. The van der Waals surface area contributed by atoms with Crippen LogP contribution in [0.3, 0.4) is 0 Å². The van der Waals surface area contributed by atoms with Crippen LogP contribution in [-0.2, 0) is 0 Å². The van der Waals surface area contributed by atoms with Gasteiger partial charge in [0.15, 0.2) is 0 Å². The van der Waals surface area contributed by atoms with E-state index in [-0.39, 0.29) is 12.1 Å². The lowest BCUT2D eigenvalue weighted by atomic mass is 10.1. The third-order valence-electron chi connectivity index (χ3n) is 3.24. The van der Waals surface area contributed by atoms with E-state index in [1.807, 2.05) is 31.2 Å². The van der Waals surface area contributed by atoms with Gasteiger partial charge in [0, 0.05) is 15.4 Å². The first-order chi connectivity index (χ1) is 9.99. The lowest BCUT2D eigenvalue weighted by molar-refractivity contribution is 0.249. The highest BCUT2D eigenvalue weighted by Gasteiger charge is 2.13. The monoisotopic (exact) mass is 304 g/mol. The van der Waals surface area contributed by atoms with Crippen LogP contribution in [0.1, 0.15) is 28.3 Å². The molecule has 21 heavy (non-hydrogen) atoms. The summed E-state index contributed by atoms with van der Waals surface area (Å²) in [6, 6.07) is 9.13. The van der Waals surface area contributed by atoms with E-state index >= 15 is 0 Å². The molecule has 1 atom stereocenters. The van der Waals surface area contributed by atoms with E-state index in [0.717, 1.165) is 11.4 Å². The van der Waals surface area contributed by atoms with Crippen LogP contribution >= 0.6 is 11.3 Å². The Morgan fingerprint density at radius 1 is 1.24 bits per heavy atom. The molecule has 0 saturated heterocycles. The summed E-state index contributed by atoms with van der Waals surface area (Å²) in [5.74, 6) is 0.763. The second-order valence-electron chi connectivity index (χ2n) is 4.92. The highest BCUT2D eigenvalue weighted by Crippen LogP contribution is 2.26. The summed E-state index contributed by atoms with van der Waals surface area (Å²) < 4.78 is 5.08. The number of carbonyl (C=O) groups excluding carboxylic acids is 1. The summed E-state index contributed by atoms with van der Waals surface area (Å²) in [6.45, 7) is 6.14. The molecular weight excluding hydrogens is 284 g/mol. The molecule has 0 unspecified atom stereocenters. The van der Waals surface area contributed by atoms with Gasteiger partial charge in [0.25, 0.3) is 0 Å². The predicted molar refractivity (Wildman–Crippen MR) is 87.4 cm³/mol. The van der Waals surface area contributed by atoms with Crippen molar-refractivity contribution in [2.24, 2.45) is 0 Å². The van der Waals surface area contributed by atoms with E-state index in [2.05, 4.69) is 30.5 Å². The van der Waals surface area contributed by atoms with Crippen molar-refractivity contribution in [2.75, 3.05) is 12.4 Å². The topological polar surface area (TPSA) is 50.4 Å². The molecule has 0 bridgehead atoms. The van der Waals surface area contributed by atoms with Crippen molar-refractivity contribution in [3.63, 3.8) is 0 Å². The van der Waals surface area contributed by atoms with Crippen molar-refractivity contribution in [2.45, 2.75) is 26.8 Å². The summed E-state index contributed by atoms with van der Waals surface area (Å²) in [4.78, 5) is 14.5. The zero-order chi connectivity index (χ0) is 15.4. The SMILES string of the molecule is COc1ccc(NC(=O)N[C@H](C)c2cc(C)sc2C)cc1. The van der Waals surface area contributed by atoms with E-state index < -0.39 is 0 Å². The van der Waals surface area contributed by atoms with Gasteiger partial charge in [-0.15, -0.1) is 11.3 Å². The Hall–Kier alpha value is -2.01. The van der Waals surface area contributed by atoms with Gasteiger partial charge in [-0.1, -0.05) is 0 Å². The molecule has 1 aromatic heterocycles. The van der Waals surface area contributed by atoms with E-state index in [1.165, 1.54) is 15.3 Å². The summed E-state index contributed by atoms with van der Waals surface area (Å²) in [7, 11) is 1.61. The predicted octanol–water partition coefficient (Wildman–Crippen LogP) is 4.26. The molecule has 2 rings (SSSR count). The molecule has 2 aromatic rings. The van der Waals surface area contributed by atoms with Crippen molar-refractivity contribution in [1.82, 2.24) is 5.32 Å². The molecule has 1 heterocycles. The molecule has 4 nitrogen and oxygen atoms in total. The number of rotatable bonds is 4. The van der Waals surface area contributed by atoms with Crippen LogP contribution in [0.2, 0.25) is 0 Å². The van der Waals surface area contributed by atoms with Crippen molar-refractivity contribution in [3.05, 3.63) is 45.6 Å². The number of ether oxygens (including phenoxy) is 1. The lowest BCUT2D eigenvalue weighted by Gasteiger charge is -2.15. The fraction of sp³-hybridized carbons (Fsp3) is 0.312. The van der Waals surface area contributed by atoms with Gasteiger partial charge in [-0.05, 0) is 56.7 Å². The fourth-order valence-corrected chi connectivity index (χ4v) is 3.22. The third-order valence-corrected chi connectivity index (χ3v) is 4.22. The maximum atomic E-state index is 12.0. The van der Waals surface area contributed by atoms with Crippen molar-refractivity contribution in [1.29, 1.82) is 0 Å². The zero-order valence-electron chi connectivity index (χ0n) is 12.7. The van der Waals surface area contributed by atoms with Crippen LogP contribution in [0.25, 0.3) is 0 Å². The molecule has 2 amide bonds. The van der Waals surface area contributed by atoms with Gasteiger partial charge in [-0.2, -0.15) is 0 Å². The smallest absolute Gasteiger partial charge is 0.319 e. The van der Waals surface area contributed by atoms with Crippen molar-refractivity contribution >= 4 is 23.1 Å². The number of benzene rings is 1. The molecule has 0 aliphatic rings. The van der Waals surface area contributed by atoms with E-state index in [0.29, 0.717) is 0 Å². The third kappa shape index (κ3) is 3.98. The summed E-state index contributed by atoms with van der Waals surface area (Å²) in [5, 5.41) is 5.77.